The van der Waals surface area contributed by atoms with Gasteiger partial charge in [0.15, 0.2) is 0 Å². The Balaban J connectivity index is 0.00000560. The number of halogens is 1. The minimum atomic E-state index is -1.07. The second-order valence-corrected chi connectivity index (χ2v) is 11.4. The molecular weight excluding hydrogens is 532 g/mol. The van der Waals surface area contributed by atoms with Crippen LogP contribution in [-0.4, -0.2) is 85.3 Å². The molecule has 1 unspecified atom stereocenters. The van der Waals surface area contributed by atoms with Gasteiger partial charge in [-0.2, -0.15) is 0 Å². The molecule has 0 aromatic heterocycles. The van der Waals surface area contributed by atoms with Gasteiger partial charge in [-0.05, 0) is 42.6 Å². The summed E-state index contributed by atoms with van der Waals surface area (Å²) in [5.74, 6) is -1.27. The van der Waals surface area contributed by atoms with E-state index in [1.54, 1.807) is 27.9 Å². The molecule has 4 atom stereocenters. The van der Waals surface area contributed by atoms with Crippen molar-refractivity contribution < 1.29 is 24.2 Å². The van der Waals surface area contributed by atoms with Crippen LogP contribution in [0.25, 0.3) is 10.8 Å². The Bertz CT molecular complexity index is 1130. The third-order valence-electron chi connectivity index (χ3n) is 7.04. The van der Waals surface area contributed by atoms with Crippen molar-refractivity contribution in [2.24, 2.45) is 5.41 Å². The van der Waals surface area contributed by atoms with Gasteiger partial charge in [-0.1, -0.05) is 63.2 Å². The van der Waals surface area contributed by atoms with Crippen LogP contribution in [0.2, 0.25) is 0 Å². The Morgan fingerprint density at radius 1 is 1.10 bits per heavy atom. The molecule has 0 spiro atoms. The molecule has 2 aromatic carbocycles. The summed E-state index contributed by atoms with van der Waals surface area (Å²) in [6.07, 6.45) is 0.748. The van der Waals surface area contributed by atoms with E-state index in [-0.39, 0.29) is 43.9 Å². The quantitative estimate of drug-likeness (QED) is 0.306. The van der Waals surface area contributed by atoms with Crippen LogP contribution in [0.4, 0.5) is 0 Å². The summed E-state index contributed by atoms with van der Waals surface area (Å²) in [6, 6.07) is 12.2. The SMILES string of the molecule is CO[C@H](C)CNCC(O)CNC(=O)[C@@H](Cc1ccc2ccccc2c1)N(C(=O)[C@@H]1CCCN1)C(=O)C(C)(C)C.Cl. The van der Waals surface area contributed by atoms with Crippen molar-refractivity contribution >= 4 is 40.9 Å². The van der Waals surface area contributed by atoms with Gasteiger partial charge in [-0.3, -0.25) is 19.3 Å². The number of methoxy groups -OCH3 is 1. The van der Waals surface area contributed by atoms with E-state index in [0.29, 0.717) is 19.5 Å². The molecule has 0 bridgehead atoms. The number of benzene rings is 2. The van der Waals surface area contributed by atoms with Crippen LogP contribution >= 0.6 is 12.4 Å². The number of rotatable bonds is 12. The van der Waals surface area contributed by atoms with Gasteiger partial charge >= 0.3 is 0 Å². The molecule has 0 radical (unpaired) electrons. The lowest BCUT2D eigenvalue weighted by Gasteiger charge is -2.35. The molecule has 0 aliphatic carbocycles. The van der Waals surface area contributed by atoms with E-state index in [4.69, 9.17) is 4.74 Å². The first-order valence-corrected chi connectivity index (χ1v) is 13.8. The summed E-state index contributed by atoms with van der Waals surface area (Å²) < 4.78 is 5.20. The fourth-order valence-corrected chi connectivity index (χ4v) is 4.65. The predicted octanol–water partition coefficient (Wildman–Crippen LogP) is 2.43. The van der Waals surface area contributed by atoms with E-state index in [0.717, 1.165) is 22.8 Å². The number of nitrogens with zero attached hydrogens (tertiary/aromatic N) is 1. The van der Waals surface area contributed by atoms with Gasteiger partial charge in [0.05, 0.1) is 18.2 Å². The number of ether oxygens (including phenoxy) is 1. The molecule has 0 saturated carbocycles. The molecule has 1 aliphatic rings. The van der Waals surface area contributed by atoms with Crippen molar-refractivity contribution in [3.8, 4) is 0 Å². The standard InChI is InChI=1S/C30H44N4O5.ClH/c1-20(39-5)17-31-18-24(35)19-33-27(36)26(16-21-12-13-22-9-6-7-10-23(22)15-21)34(29(38)30(2,3)4)28(37)25-11-8-14-32-25;/h6-7,9-10,12-13,15,20,24-26,31-32,35H,8,11,14,16-19H2,1-5H3,(H,33,36);1H/t20-,24?,25+,26-;/m1./s1. The van der Waals surface area contributed by atoms with Crippen molar-refractivity contribution in [1.29, 1.82) is 0 Å². The molecule has 1 heterocycles. The Labute approximate surface area is 243 Å². The first kappa shape index (κ1) is 33.6. The predicted molar refractivity (Wildman–Crippen MR) is 159 cm³/mol. The highest BCUT2D eigenvalue weighted by Gasteiger charge is 2.42. The van der Waals surface area contributed by atoms with Crippen molar-refractivity contribution in [1.82, 2.24) is 20.9 Å². The summed E-state index contributed by atoms with van der Waals surface area (Å²) in [5, 5.41) is 21.6. The van der Waals surface area contributed by atoms with Crippen molar-refractivity contribution in [3.05, 3.63) is 48.0 Å². The number of hydrogen-bond donors (Lipinski definition) is 4. The maximum atomic E-state index is 13.7. The van der Waals surface area contributed by atoms with E-state index in [9.17, 15) is 19.5 Å². The number of aliphatic hydroxyl groups excluding tert-OH is 1. The Hall–Kier alpha value is -2.56. The molecule has 40 heavy (non-hydrogen) atoms. The van der Waals surface area contributed by atoms with Crippen LogP contribution < -0.4 is 16.0 Å². The number of aliphatic hydroxyl groups is 1. The van der Waals surface area contributed by atoms with Crippen molar-refractivity contribution in [2.75, 3.05) is 33.3 Å². The number of fused-ring (bicyclic) bond motifs is 1. The molecule has 2 aromatic rings. The third kappa shape index (κ3) is 9.24. The highest BCUT2D eigenvalue weighted by Crippen LogP contribution is 2.25. The Morgan fingerprint density at radius 2 is 1.80 bits per heavy atom. The second kappa shape index (κ2) is 15.4. The molecule has 3 amide bonds. The normalized spacial score (nSPS) is 17.5. The van der Waals surface area contributed by atoms with Crippen molar-refractivity contribution in [2.45, 2.75) is 71.2 Å². The summed E-state index contributed by atoms with van der Waals surface area (Å²) >= 11 is 0. The fraction of sp³-hybridized carbons (Fsp3) is 0.567. The molecule has 9 nitrogen and oxygen atoms in total. The first-order valence-electron chi connectivity index (χ1n) is 13.8. The largest absolute Gasteiger partial charge is 0.390 e. The molecule has 1 aliphatic heterocycles. The smallest absolute Gasteiger partial charge is 0.247 e. The molecule has 1 fully saturated rings. The zero-order valence-corrected chi connectivity index (χ0v) is 25.1. The number of imide groups is 1. The monoisotopic (exact) mass is 576 g/mol. The lowest BCUT2D eigenvalue weighted by atomic mass is 9.91. The third-order valence-corrected chi connectivity index (χ3v) is 7.04. The van der Waals surface area contributed by atoms with E-state index in [2.05, 4.69) is 16.0 Å². The maximum absolute atomic E-state index is 13.7. The average Bonchev–Trinajstić information content (AvgIpc) is 3.45. The highest BCUT2D eigenvalue weighted by atomic mass is 35.5. The number of amides is 3. The minimum absolute atomic E-state index is 0. The topological polar surface area (TPSA) is 120 Å². The van der Waals surface area contributed by atoms with Crippen LogP contribution in [-0.2, 0) is 25.5 Å². The van der Waals surface area contributed by atoms with Gasteiger partial charge in [-0.25, -0.2) is 0 Å². The Kier molecular flexibility index (Phi) is 13.0. The molecule has 222 valence electrons. The molecule has 4 N–H and O–H groups in total. The van der Waals surface area contributed by atoms with Gasteiger partial charge in [0, 0.05) is 38.6 Å². The highest BCUT2D eigenvalue weighted by molar-refractivity contribution is 6.04. The maximum Gasteiger partial charge on any atom is 0.247 e. The first-order chi connectivity index (χ1) is 18.5. The van der Waals surface area contributed by atoms with Gasteiger partial charge in [0.25, 0.3) is 0 Å². The van der Waals surface area contributed by atoms with E-state index < -0.39 is 35.4 Å². The second-order valence-electron chi connectivity index (χ2n) is 11.4. The van der Waals surface area contributed by atoms with Crippen molar-refractivity contribution in [3.63, 3.8) is 0 Å². The minimum Gasteiger partial charge on any atom is -0.390 e. The lowest BCUT2D eigenvalue weighted by molar-refractivity contribution is -0.157. The van der Waals surface area contributed by atoms with E-state index >= 15 is 0 Å². The summed E-state index contributed by atoms with van der Waals surface area (Å²) in [5.41, 5.74) is -0.0407. The number of hydrogen-bond acceptors (Lipinski definition) is 7. The fourth-order valence-electron chi connectivity index (χ4n) is 4.65. The lowest BCUT2D eigenvalue weighted by Crippen LogP contribution is -2.60. The zero-order valence-electron chi connectivity index (χ0n) is 24.2. The van der Waals surface area contributed by atoms with E-state index in [1.807, 2.05) is 49.4 Å². The summed E-state index contributed by atoms with van der Waals surface area (Å²) in [6.45, 7) is 8.65. The number of carbonyl (C=O) groups excluding carboxylic acids is 3. The molecule has 1 saturated heterocycles. The van der Waals surface area contributed by atoms with Gasteiger partial charge in [0.2, 0.25) is 17.7 Å². The molecule has 3 rings (SSSR count). The van der Waals surface area contributed by atoms with Crippen LogP contribution in [0.3, 0.4) is 0 Å². The van der Waals surface area contributed by atoms with Crippen LogP contribution in [0.5, 0.6) is 0 Å². The summed E-state index contributed by atoms with van der Waals surface area (Å²) in [7, 11) is 1.62. The molecular formula is C30H45ClN4O5. The molecule has 10 heteroatoms. The van der Waals surface area contributed by atoms with Crippen LogP contribution in [0.1, 0.15) is 46.1 Å². The van der Waals surface area contributed by atoms with Gasteiger partial charge in [-0.15, -0.1) is 12.4 Å². The van der Waals surface area contributed by atoms with E-state index in [1.165, 1.54) is 4.90 Å². The van der Waals surface area contributed by atoms with Crippen LogP contribution in [0.15, 0.2) is 42.5 Å². The number of carbonyl (C=O) groups is 3. The van der Waals surface area contributed by atoms with Crippen LogP contribution in [0, 0.1) is 5.41 Å². The van der Waals surface area contributed by atoms with Gasteiger partial charge < -0.3 is 25.8 Å². The average molecular weight is 577 g/mol. The summed E-state index contributed by atoms with van der Waals surface area (Å²) in [4.78, 5) is 42.3. The van der Waals surface area contributed by atoms with Gasteiger partial charge in [0.1, 0.15) is 6.04 Å². The zero-order chi connectivity index (χ0) is 28.6. The number of nitrogens with one attached hydrogen (secondary N) is 3. The Morgan fingerprint density at radius 3 is 2.42 bits per heavy atom.